The van der Waals surface area contributed by atoms with Crippen LogP contribution in [0, 0.1) is 12.3 Å². The minimum absolute atomic E-state index is 0.116. The highest BCUT2D eigenvalue weighted by Crippen LogP contribution is 2.25. The molecule has 0 bridgehead atoms. The molecule has 0 amide bonds. The highest BCUT2D eigenvalue weighted by molar-refractivity contribution is 6.16. The number of benzene rings is 2. The van der Waals surface area contributed by atoms with Crippen LogP contribution in [-0.2, 0) is 25.7 Å². The van der Waals surface area contributed by atoms with Crippen molar-refractivity contribution in [1.82, 2.24) is 5.16 Å². The average Bonchev–Trinajstić information content (AvgIpc) is 3.24. The van der Waals surface area contributed by atoms with Crippen LogP contribution in [0.1, 0.15) is 23.7 Å². The molecule has 8 nitrogen and oxygen atoms in total. The molecule has 0 aliphatic heterocycles. The number of oxime groups is 1. The van der Waals surface area contributed by atoms with Crippen molar-refractivity contribution in [3.8, 4) is 18.1 Å². The fraction of sp³-hybridized carbons (Fsp3) is 0.208. The van der Waals surface area contributed by atoms with E-state index in [9.17, 15) is 4.79 Å². The summed E-state index contributed by atoms with van der Waals surface area (Å²) in [5, 5.41) is 9.01. The van der Waals surface area contributed by atoms with Gasteiger partial charge in [0.05, 0.1) is 25.9 Å². The number of aromatic nitrogens is 1. The normalized spacial score (nSPS) is 11.7. The van der Waals surface area contributed by atoms with Gasteiger partial charge >= 0.3 is 5.97 Å². The fourth-order valence-electron chi connectivity index (χ4n) is 2.99. The molecular formula is C24H22N2O6. The van der Waals surface area contributed by atoms with Gasteiger partial charge in [-0.1, -0.05) is 40.5 Å². The van der Waals surface area contributed by atoms with E-state index >= 15 is 0 Å². The molecule has 0 saturated heterocycles. The maximum absolute atomic E-state index is 12.1. The maximum Gasteiger partial charge on any atom is 0.341 e. The molecule has 32 heavy (non-hydrogen) atoms. The van der Waals surface area contributed by atoms with E-state index in [0.29, 0.717) is 28.3 Å². The number of fused-ring (bicyclic) bond motifs is 1. The number of carbonyl (C=O) groups is 1. The molecule has 1 aromatic heterocycles. The average molecular weight is 434 g/mol. The standard InChI is InChI=1S/C24H22N2O6/c1-5-12-30-18-10-11-20-22(13-18)32-26-23(20)16(2)25-31-14-17-8-6-7-9-19(17)21(15-28-3)24(27)29-4/h1,6-11,13,15H,12,14H2,2-4H3. The van der Waals surface area contributed by atoms with E-state index in [1.807, 2.05) is 24.3 Å². The van der Waals surface area contributed by atoms with Gasteiger partial charge in [-0.25, -0.2) is 4.79 Å². The van der Waals surface area contributed by atoms with Gasteiger partial charge in [0.1, 0.15) is 35.9 Å². The Morgan fingerprint density at radius 2 is 2.06 bits per heavy atom. The minimum Gasteiger partial charge on any atom is -0.503 e. The lowest BCUT2D eigenvalue weighted by atomic mass is 10.0. The van der Waals surface area contributed by atoms with Gasteiger partial charge in [-0.05, 0) is 24.6 Å². The Balaban J connectivity index is 1.78. The first kappa shape index (κ1) is 22.4. The van der Waals surface area contributed by atoms with E-state index in [2.05, 4.69) is 16.2 Å². The summed E-state index contributed by atoms with van der Waals surface area (Å²) in [6, 6.07) is 12.6. The quantitative estimate of drug-likeness (QED) is 0.126. The van der Waals surface area contributed by atoms with Crippen LogP contribution in [0.25, 0.3) is 16.5 Å². The smallest absolute Gasteiger partial charge is 0.341 e. The predicted octanol–water partition coefficient (Wildman–Crippen LogP) is 3.94. The first-order valence-corrected chi connectivity index (χ1v) is 9.61. The first-order valence-electron chi connectivity index (χ1n) is 9.61. The molecule has 0 aliphatic rings. The minimum atomic E-state index is -0.515. The third kappa shape index (κ3) is 5.08. The zero-order valence-corrected chi connectivity index (χ0v) is 18.0. The molecule has 0 unspecified atom stereocenters. The van der Waals surface area contributed by atoms with Crippen molar-refractivity contribution < 1.29 is 28.4 Å². The molecule has 0 fully saturated rings. The van der Waals surface area contributed by atoms with Crippen LogP contribution >= 0.6 is 0 Å². The Bertz CT molecular complexity index is 1200. The Kier molecular flexibility index (Phi) is 7.49. The molecule has 3 aromatic rings. The van der Waals surface area contributed by atoms with E-state index < -0.39 is 5.97 Å². The van der Waals surface area contributed by atoms with Gasteiger partial charge in [-0.3, -0.25) is 0 Å². The lowest BCUT2D eigenvalue weighted by molar-refractivity contribution is -0.133. The molecule has 0 saturated carbocycles. The molecular weight excluding hydrogens is 412 g/mol. The second kappa shape index (κ2) is 10.7. The van der Waals surface area contributed by atoms with Crippen molar-refractivity contribution in [3.63, 3.8) is 0 Å². The largest absolute Gasteiger partial charge is 0.503 e. The summed E-state index contributed by atoms with van der Waals surface area (Å²) in [6.45, 7) is 2.04. The summed E-state index contributed by atoms with van der Waals surface area (Å²) in [6.07, 6.45) is 6.55. The van der Waals surface area contributed by atoms with Gasteiger partial charge in [-0.15, -0.1) is 6.42 Å². The molecule has 2 aromatic carbocycles. The number of ether oxygens (including phenoxy) is 3. The Hall–Kier alpha value is -4.25. The summed E-state index contributed by atoms with van der Waals surface area (Å²) in [7, 11) is 2.77. The van der Waals surface area contributed by atoms with Gasteiger partial charge < -0.3 is 23.6 Å². The van der Waals surface area contributed by atoms with Crippen LogP contribution in [0.5, 0.6) is 5.75 Å². The zero-order chi connectivity index (χ0) is 22.9. The molecule has 0 radical (unpaired) electrons. The number of rotatable bonds is 9. The lowest BCUT2D eigenvalue weighted by Gasteiger charge is -2.11. The van der Waals surface area contributed by atoms with Crippen molar-refractivity contribution in [3.05, 3.63) is 65.5 Å². The molecule has 0 atom stereocenters. The van der Waals surface area contributed by atoms with Crippen molar-refractivity contribution in [2.75, 3.05) is 20.8 Å². The van der Waals surface area contributed by atoms with E-state index in [-0.39, 0.29) is 18.8 Å². The van der Waals surface area contributed by atoms with Gasteiger partial charge in [0.15, 0.2) is 5.58 Å². The van der Waals surface area contributed by atoms with Crippen LogP contribution in [0.15, 0.2) is 58.4 Å². The lowest BCUT2D eigenvalue weighted by Crippen LogP contribution is -2.07. The van der Waals surface area contributed by atoms with Crippen LogP contribution in [0.4, 0.5) is 0 Å². The molecule has 3 rings (SSSR count). The molecule has 8 heteroatoms. The predicted molar refractivity (Wildman–Crippen MR) is 119 cm³/mol. The third-order valence-electron chi connectivity index (χ3n) is 4.48. The van der Waals surface area contributed by atoms with E-state index in [4.69, 9.17) is 30.0 Å². The van der Waals surface area contributed by atoms with Gasteiger partial charge in [0, 0.05) is 11.6 Å². The Labute approximate surface area is 185 Å². The Morgan fingerprint density at radius 3 is 2.81 bits per heavy atom. The van der Waals surface area contributed by atoms with Gasteiger partial charge in [-0.2, -0.15) is 0 Å². The highest BCUT2D eigenvalue weighted by atomic mass is 16.6. The second-order valence-corrected chi connectivity index (χ2v) is 6.55. The second-order valence-electron chi connectivity index (χ2n) is 6.55. The number of esters is 1. The van der Waals surface area contributed by atoms with Gasteiger partial charge in [0.2, 0.25) is 0 Å². The first-order chi connectivity index (χ1) is 15.6. The van der Waals surface area contributed by atoms with E-state index in [1.165, 1.54) is 20.5 Å². The summed E-state index contributed by atoms with van der Waals surface area (Å²) in [5.41, 5.74) is 3.26. The topological polar surface area (TPSA) is 92.4 Å². The zero-order valence-electron chi connectivity index (χ0n) is 18.0. The molecule has 0 N–H and O–H groups in total. The van der Waals surface area contributed by atoms with Crippen molar-refractivity contribution in [2.24, 2.45) is 5.16 Å². The molecule has 164 valence electrons. The highest BCUT2D eigenvalue weighted by Gasteiger charge is 2.17. The monoisotopic (exact) mass is 434 g/mol. The van der Waals surface area contributed by atoms with Crippen LogP contribution in [0.3, 0.4) is 0 Å². The van der Waals surface area contributed by atoms with Crippen molar-refractivity contribution in [2.45, 2.75) is 13.5 Å². The number of nitrogens with zero attached hydrogens (tertiary/aromatic N) is 2. The Morgan fingerprint density at radius 1 is 1.25 bits per heavy atom. The summed E-state index contributed by atoms with van der Waals surface area (Å²) < 4.78 is 20.6. The summed E-state index contributed by atoms with van der Waals surface area (Å²) in [4.78, 5) is 17.7. The van der Waals surface area contributed by atoms with Crippen LogP contribution in [-0.4, -0.2) is 37.7 Å². The number of hydrogen-bond donors (Lipinski definition) is 0. The van der Waals surface area contributed by atoms with Crippen LogP contribution in [0.2, 0.25) is 0 Å². The van der Waals surface area contributed by atoms with Crippen LogP contribution < -0.4 is 4.74 Å². The third-order valence-corrected chi connectivity index (χ3v) is 4.48. The number of methoxy groups -OCH3 is 2. The SMILES string of the molecule is C#CCOc1ccc2c(C(C)=NOCc3ccccc3C(=COC)C(=O)OC)noc2c1. The number of hydrogen-bond acceptors (Lipinski definition) is 8. The van der Waals surface area contributed by atoms with Crippen molar-refractivity contribution >= 4 is 28.2 Å². The molecule has 0 aliphatic carbocycles. The maximum atomic E-state index is 12.1. The fourth-order valence-corrected chi connectivity index (χ4v) is 2.99. The van der Waals surface area contributed by atoms with Gasteiger partial charge in [0.25, 0.3) is 0 Å². The number of carbonyl (C=O) groups excluding carboxylic acids is 1. The summed E-state index contributed by atoms with van der Waals surface area (Å²) >= 11 is 0. The summed E-state index contributed by atoms with van der Waals surface area (Å²) in [5.74, 6) is 2.49. The molecule has 1 heterocycles. The number of terminal acetylenes is 1. The van der Waals surface area contributed by atoms with E-state index in [1.54, 1.807) is 25.1 Å². The van der Waals surface area contributed by atoms with E-state index in [0.717, 1.165) is 10.9 Å². The molecule has 0 spiro atoms. The van der Waals surface area contributed by atoms with Crippen molar-refractivity contribution in [1.29, 1.82) is 0 Å².